The molecule has 5 nitrogen and oxygen atoms in total. The number of rotatable bonds is 11. The first-order valence-electron chi connectivity index (χ1n) is 6.43. The highest BCUT2D eigenvalue weighted by Gasteiger charge is 2.04. The molecule has 0 aliphatic carbocycles. The number of nitrogens with one attached hydrogen (secondary N) is 2. The number of carbonyl (C=O) groups excluding carboxylic acids is 1. The zero-order chi connectivity index (χ0) is 12.9. The number of aliphatic hydroxyl groups excluding tert-OH is 1. The molecular formula is C12H26N2O3. The van der Waals surface area contributed by atoms with Gasteiger partial charge in [0.25, 0.3) is 0 Å². The minimum absolute atomic E-state index is 0.0358. The Labute approximate surface area is 104 Å². The normalized spacial score (nSPS) is 12.4. The lowest BCUT2D eigenvalue weighted by molar-refractivity contribution is -0.120. The Balaban J connectivity index is 3.26. The zero-order valence-corrected chi connectivity index (χ0v) is 11.0. The Bertz CT molecular complexity index is 189. The van der Waals surface area contributed by atoms with E-state index in [9.17, 15) is 9.90 Å². The molecule has 0 aromatic rings. The lowest BCUT2D eigenvalue weighted by Gasteiger charge is -2.12. The summed E-state index contributed by atoms with van der Waals surface area (Å²) in [5.41, 5.74) is 0. The highest BCUT2D eigenvalue weighted by Crippen LogP contribution is 1.90. The molecule has 0 aliphatic rings. The van der Waals surface area contributed by atoms with E-state index < -0.39 is 6.10 Å². The summed E-state index contributed by atoms with van der Waals surface area (Å²) in [5.74, 6) is 0.0358. The average molecular weight is 246 g/mol. The maximum absolute atomic E-state index is 11.1. The van der Waals surface area contributed by atoms with E-state index in [0.717, 1.165) is 12.8 Å². The van der Waals surface area contributed by atoms with Crippen LogP contribution in [0.15, 0.2) is 0 Å². The Morgan fingerprint density at radius 3 is 2.82 bits per heavy atom. The number of carbonyl (C=O) groups is 1. The van der Waals surface area contributed by atoms with Crippen molar-refractivity contribution < 1.29 is 14.6 Å². The number of aliphatic hydroxyl groups is 1. The molecule has 1 unspecified atom stereocenters. The van der Waals surface area contributed by atoms with Gasteiger partial charge in [-0.25, -0.2) is 0 Å². The zero-order valence-electron chi connectivity index (χ0n) is 11.0. The van der Waals surface area contributed by atoms with Gasteiger partial charge in [-0.3, -0.25) is 4.79 Å². The van der Waals surface area contributed by atoms with Crippen LogP contribution in [-0.2, 0) is 9.53 Å². The molecule has 0 saturated carbocycles. The number of hydrogen-bond donors (Lipinski definition) is 3. The van der Waals surface area contributed by atoms with Crippen molar-refractivity contribution in [1.82, 2.24) is 10.6 Å². The monoisotopic (exact) mass is 246 g/mol. The Morgan fingerprint density at radius 1 is 1.41 bits per heavy atom. The van der Waals surface area contributed by atoms with E-state index in [1.54, 1.807) is 0 Å². The molecule has 0 radical (unpaired) electrons. The first kappa shape index (κ1) is 16.4. The molecule has 0 bridgehead atoms. The maximum Gasteiger partial charge on any atom is 0.221 e. The molecule has 0 saturated heterocycles. The van der Waals surface area contributed by atoms with Crippen LogP contribution in [0.3, 0.4) is 0 Å². The van der Waals surface area contributed by atoms with Crippen LogP contribution in [0.1, 0.15) is 33.1 Å². The SMILES string of the molecule is CCCCOCC(O)CNCCC(=O)NCC. The molecule has 102 valence electrons. The second kappa shape index (κ2) is 11.8. The molecule has 5 heteroatoms. The Morgan fingerprint density at radius 2 is 2.18 bits per heavy atom. The molecule has 0 fully saturated rings. The van der Waals surface area contributed by atoms with E-state index in [1.807, 2.05) is 6.92 Å². The number of hydrogen-bond acceptors (Lipinski definition) is 4. The summed E-state index contributed by atoms with van der Waals surface area (Å²) in [4.78, 5) is 11.1. The van der Waals surface area contributed by atoms with Crippen molar-refractivity contribution in [2.75, 3.05) is 32.8 Å². The van der Waals surface area contributed by atoms with Gasteiger partial charge >= 0.3 is 0 Å². The van der Waals surface area contributed by atoms with Gasteiger partial charge in [-0.2, -0.15) is 0 Å². The summed E-state index contributed by atoms with van der Waals surface area (Å²) in [7, 11) is 0. The first-order chi connectivity index (χ1) is 8.20. The largest absolute Gasteiger partial charge is 0.389 e. The van der Waals surface area contributed by atoms with Crippen LogP contribution in [0, 0.1) is 0 Å². The van der Waals surface area contributed by atoms with Crippen LogP contribution >= 0.6 is 0 Å². The molecule has 0 spiro atoms. The molecule has 3 N–H and O–H groups in total. The van der Waals surface area contributed by atoms with Crippen LogP contribution in [0.25, 0.3) is 0 Å². The lowest BCUT2D eigenvalue weighted by Crippen LogP contribution is -2.33. The number of ether oxygens (including phenoxy) is 1. The van der Waals surface area contributed by atoms with Gasteiger partial charge in [0.15, 0.2) is 0 Å². The van der Waals surface area contributed by atoms with Gasteiger partial charge in [0.05, 0.1) is 12.7 Å². The van der Waals surface area contributed by atoms with Crippen LogP contribution < -0.4 is 10.6 Å². The lowest BCUT2D eigenvalue weighted by atomic mass is 10.3. The van der Waals surface area contributed by atoms with Gasteiger partial charge in [-0.1, -0.05) is 13.3 Å². The van der Waals surface area contributed by atoms with E-state index in [0.29, 0.717) is 39.3 Å². The topological polar surface area (TPSA) is 70.6 Å². The second-order valence-electron chi connectivity index (χ2n) is 3.99. The fourth-order valence-electron chi connectivity index (χ4n) is 1.28. The Kier molecular flexibility index (Phi) is 11.4. The molecule has 0 aliphatic heterocycles. The van der Waals surface area contributed by atoms with Gasteiger partial charge in [-0.05, 0) is 13.3 Å². The van der Waals surface area contributed by atoms with Crippen molar-refractivity contribution in [3.8, 4) is 0 Å². The van der Waals surface area contributed by atoms with Crippen LogP contribution in [-0.4, -0.2) is 50.0 Å². The van der Waals surface area contributed by atoms with E-state index in [2.05, 4.69) is 17.6 Å². The second-order valence-corrected chi connectivity index (χ2v) is 3.99. The van der Waals surface area contributed by atoms with Gasteiger partial charge in [0, 0.05) is 32.7 Å². The number of unbranched alkanes of at least 4 members (excludes halogenated alkanes) is 1. The van der Waals surface area contributed by atoms with E-state index >= 15 is 0 Å². The van der Waals surface area contributed by atoms with Crippen LogP contribution in [0.5, 0.6) is 0 Å². The summed E-state index contributed by atoms with van der Waals surface area (Å²) in [6.45, 7) is 6.75. The predicted molar refractivity (Wildman–Crippen MR) is 67.9 cm³/mol. The average Bonchev–Trinajstić information content (AvgIpc) is 2.31. The molecule has 1 atom stereocenters. The third-order valence-corrected chi connectivity index (χ3v) is 2.24. The fourth-order valence-corrected chi connectivity index (χ4v) is 1.28. The quantitative estimate of drug-likeness (QED) is 0.458. The summed E-state index contributed by atoms with van der Waals surface area (Å²) in [6.07, 6.45) is 2.07. The molecular weight excluding hydrogens is 220 g/mol. The van der Waals surface area contributed by atoms with Crippen LogP contribution in [0.4, 0.5) is 0 Å². The smallest absolute Gasteiger partial charge is 0.221 e. The van der Waals surface area contributed by atoms with E-state index in [1.165, 1.54) is 0 Å². The minimum atomic E-state index is -0.499. The van der Waals surface area contributed by atoms with E-state index in [4.69, 9.17) is 4.74 Å². The van der Waals surface area contributed by atoms with Gasteiger partial charge in [0.2, 0.25) is 5.91 Å². The van der Waals surface area contributed by atoms with Crippen molar-refractivity contribution in [1.29, 1.82) is 0 Å². The van der Waals surface area contributed by atoms with Crippen molar-refractivity contribution in [3.63, 3.8) is 0 Å². The van der Waals surface area contributed by atoms with Crippen molar-refractivity contribution in [2.24, 2.45) is 0 Å². The molecule has 0 aromatic heterocycles. The summed E-state index contributed by atoms with van der Waals surface area (Å²) < 4.78 is 5.28. The van der Waals surface area contributed by atoms with Crippen molar-refractivity contribution in [3.05, 3.63) is 0 Å². The summed E-state index contributed by atoms with van der Waals surface area (Å²) in [6, 6.07) is 0. The summed E-state index contributed by atoms with van der Waals surface area (Å²) >= 11 is 0. The molecule has 1 amide bonds. The van der Waals surface area contributed by atoms with Gasteiger partial charge in [-0.15, -0.1) is 0 Å². The van der Waals surface area contributed by atoms with Crippen molar-refractivity contribution in [2.45, 2.75) is 39.2 Å². The highest BCUT2D eigenvalue weighted by atomic mass is 16.5. The summed E-state index contributed by atoms with van der Waals surface area (Å²) in [5, 5.41) is 15.3. The minimum Gasteiger partial charge on any atom is -0.389 e. The van der Waals surface area contributed by atoms with Gasteiger partial charge in [0.1, 0.15) is 0 Å². The Hall–Kier alpha value is -0.650. The standard InChI is InChI=1S/C12H26N2O3/c1-3-5-8-17-10-11(15)9-13-7-6-12(16)14-4-2/h11,13,15H,3-10H2,1-2H3,(H,14,16). The predicted octanol–water partition coefficient (Wildman–Crippen LogP) is 0.280. The van der Waals surface area contributed by atoms with Crippen LogP contribution in [0.2, 0.25) is 0 Å². The number of amides is 1. The molecule has 0 aromatic carbocycles. The van der Waals surface area contributed by atoms with E-state index in [-0.39, 0.29) is 5.91 Å². The fraction of sp³-hybridized carbons (Fsp3) is 0.917. The van der Waals surface area contributed by atoms with Gasteiger partial charge < -0.3 is 20.5 Å². The third-order valence-electron chi connectivity index (χ3n) is 2.24. The highest BCUT2D eigenvalue weighted by molar-refractivity contribution is 5.75. The first-order valence-corrected chi connectivity index (χ1v) is 6.43. The molecule has 17 heavy (non-hydrogen) atoms. The maximum atomic E-state index is 11.1. The molecule has 0 heterocycles. The third kappa shape index (κ3) is 11.6. The molecule has 0 rings (SSSR count). The van der Waals surface area contributed by atoms with Crippen molar-refractivity contribution >= 4 is 5.91 Å².